The van der Waals surface area contributed by atoms with Gasteiger partial charge in [-0.3, -0.25) is 4.79 Å². The molecule has 0 heterocycles. The number of anilines is 1. The summed E-state index contributed by atoms with van der Waals surface area (Å²) in [5, 5.41) is 15.2. The third kappa shape index (κ3) is 5.89. The highest BCUT2D eigenvalue weighted by molar-refractivity contribution is 6.18. The first-order valence-electron chi connectivity index (χ1n) is 5.93. The Kier molecular flexibility index (Phi) is 6.54. The molecule has 5 heteroatoms. The molecule has 1 amide bonds. The van der Waals surface area contributed by atoms with Crippen LogP contribution in [0.4, 0.5) is 5.69 Å². The van der Waals surface area contributed by atoms with Crippen LogP contribution in [0, 0.1) is 0 Å². The van der Waals surface area contributed by atoms with E-state index in [1.807, 2.05) is 24.3 Å². The molecule has 3 N–H and O–H groups in total. The van der Waals surface area contributed by atoms with Gasteiger partial charge < -0.3 is 15.7 Å². The van der Waals surface area contributed by atoms with Crippen molar-refractivity contribution in [2.75, 3.05) is 24.3 Å². The number of carbonyl (C=O) groups excluding carboxylic acids is 1. The van der Waals surface area contributed by atoms with Gasteiger partial charge in [-0.15, -0.1) is 11.6 Å². The molecule has 18 heavy (non-hydrogen) atoms. The van der Waals surface area contributed by atoms with Crippen molar-refractivity contribution in [3.63, 3.8) is 0 Å². The zero-order valence-electron chi connectivity index (χ0n) is 10.4. The Hall–Kier alpha value is -1.26. The topological polar surface area (TPSA) is 61.4 Å². The van der Waals surface area contributed by atoms with Crippen molar-refractivity contribution in [2.45, 2.75) is 19.4 Å². The second-order valence-corrected chi connectivity index (χ2v) is 4.43. The monoisotopic (exact) mass is 270 g/mol. The molecule has 1 rings (SSSR count). The first-order chi connectivity index (χ1) is 8.61. The maximum absolute atomic E-state index is 10.7. The summed E-state index contributed by atoms with van der Waals surface area (Å²) in [6.45, 7) is 2.59. The van der Waals surface area contributed by atoms with Crippen molar-refractivity contribution in [3.05, 3.63) is 29.8 Å². The smallest absolute Gasteiger partial charge is 0.216 e. The van der Waals surface area contributed by atoms with Crippen LogP contribution in [0.5, 0.6) is 0 Å². The lowest BCUT2D eigenvalue weighted by Gasteiger charge is -2.10. The summed E-state index contributed by atoms with van der Waals surface area (Å²) < 4.78 is 0. The van der Waals surface area contributed by atoms with Crippen LogP contribution in [0.25, 0.3) is 0 Å². The Morgan fingerprint density at radius 3 is 2.61 bits per heavy atom. The highest BCUT2D eigenvalue weighted by Crippen LogP contribution is 2.10. The van der Waals surface area contributed by atoms with Crippen molar-refractivity contribution in [1.82, 2.24) is 5.32 Å². The van der Waals surface area contributed by atoms with Crippen LogP contribution in [0.15, 0.2) is 24.3 Å². The number of alkyl halides is 1. The molecule has 0 aliphatic carbocycles. The molecule has 0 aromatic heterocycles. The maximum atomic E-state index is 10.7. The SMILES string of the molecule is CC(=O)NCCc1ccc(NCC(O)CCl)cc1. The van der Waals surface area contributed by atoms with E-state index in [2.05, 4.69) is 10.6 Å². The van der Waals surface area contributed by atoms with Gasteiger partial charge in [0.25, 0.3) is 0 Å². The molecule has 1 unspecified atom stereocenters. The molecule has 4 nitrogen and oxygen atoms in total. The molecule has 1 atom stereocenters. The van der Waals surface area contributed by atoms with Gasteiger partial charge >= 0.3 is 0 Å². The van der Waals surface area contributed by atoms with Crippen molar-refractivity contribution in [2.24, 2.45) is 0 Å². The normalized spacial score (nSPS) is 11.9. The van der Waals surface area contributed by atoms with Gasteiger partial charge in [0.05, 0.1) is 12.0 Å². The molecule has 0 fully saturated rings. The lowest BCUT2D eigenvalue weighted by molar-refractivity contribution is -0.118. The summed E-state index contributed by atoms with van der Waals surface area (Å²) in [7, 11) is 0. The molecule has 100 valence electrons. The van der Waals surface area contributed by atoms with Gasteiger partial charge in [-0.2, -0.15) is 0 Å². The minimum Gasteiger partial charge on any atom is -0.390 e. The standard InChI is InChI=1S/C13H19ClN2O2/c1-10(17)15-7-6-11-2-4-12(5-3-11)16-9-13(18)8-14/h2-5,13,16,18H,6-9H2,1H3,(H,15,17). The Morgan fingerprint density at radius 2 is 2.06 bits per heavy atom. The molecule has 1 aromatic carbocycles. The number of benzene rings is 1. The van der Waals surface area contributed by atoms with Crippen LogP contribution >= 0.6 is 11.6 Å². The van der Waals surface area contributed by atoms with Crippen LogP contribution in [-0.2, 0) is 11.2 Å². The van der Waals surface area contributed by atoms with E-state index in [1.165, 1.54) is 6.92 Å². The fraction of sp³-hybridized carbons (Fsp3) is 0.462. The molecular formula is C13H19ClN2O2. The van der Waals surface area contributed by atoms with Crippen molar-refractivity contribution in [1.29, 1.82) is 0 Å². The minimum absolute atomic E-state index is 0.0108. The van der Waals surface area contributed by atoms with E-state index in [0.717, 1.165) is 17.7 Å². The van der Waals surface area contributed by atoms with Gasteiger partial charge in [0.1, 0.15) is 0 Å². The average molecular weight is 271 g/mol. The fourth-order valence-electron chi connectivity index (χ4n) is 1.46. The molecule has 0 aliphatic heterocycles. The van der Waals surface area contributed by atoms with E-state index in [4.69, 9.17) is 11.6 Å². The second-order valence-electron chi connectivity index (χ2n) is 4.12. The van der Waals surface area contributed by atoms with Gasteiger partial charge in [0.15, 0.2) is 0 Å². The highest BCUT2D eigenvalue weighted by Gasteiger charge is 2.01. The third-order valence-corrected chi connectivity index (χ3v) is 2.82. The lowest BCUT2D eigenvalue weighted by Crippen LogP contribution is -2.22. The van der Waals surface area contributed by atoms with Crippen molar-refractivity contribution >= 4 is 23.2 Å². The van der Waals surface area contributed by atoms with Gasteiger partial charge in [0.2, 0.25) is 5.91 Å². The number of halogens is 1. The Labute approximate surface area is 112 Å². The van der Waals surface area contributed by atoms with Crippen LogP contribution in [-0.4, -0.2) is 36.1 Å². The molecular weight excluding hydrogens is 252 g/mol. The second kappa shape index (κ2) is 7.95. The zero-order valence-corrected chi connectivity index (χ0v) is 11.2. The van der Waals surface area contributed by atoms with Gasteiger partial charge in [-0.1, -0.05) is 12.1 Å². The van der Waals surface area contributed by atoms with E-state index >= 15 is 0 Å². The number of rotatable bonds is 7. The summed E-state index contributed by atoms with van der Waals surface area (Å²) in [6, 6.07) is 7.89. The average Bonchev–Trinajstić information content (AvgIpc) is 2.37. The van der Waals surface area contributed by atoms with Crippen LogP contribution in [0.3, 0.4) is 0 Å². The van der Waals surface area contributed by atoms with E-state index in [-0.39, 0.29) is 11.8 Å². The van der Waals surface area contributed by atoms with Gasteiger partial charge in [0, 0.05) is 25.7 Å². The largest absolute Gasteiger partial charge is 0.390 e. The molecule has 0 bridgehead atoms. The summed E-state index contributed by atoms with van der Waals surface area (Å²) in [6.07, 6.45) is 0.274. The van der Waals surface area contributed by atoms with Crippen LogP contribution in [0.2, 0.25) is 0 Å². The zero-order chi connectivity index (χ0) is 13.4. The number of aliphatic hydroxyl groups excluding tert-OH is 1. The van der Waals surface area contributed by atoms with E-state index < -0.39 is 6.10 Å². The number of nitrogens with one attached hydrogen (secondary N) is 2. The van der Waals surface area contributed by atoms with Gasteiger partial charge in [-0.25, -0.2) is 0 Å². The molecule has 0 radical (unpaired) electrons. The Balaban J connectivity index is 2.35. The predicted octanol–water partition coefficient (Wildman–Crippen LogP) is 1.38. The molecule has 0 spiro atoms. The van der Waals surface area contributed by atoms with Crippen LogP contribution in [0.1, 0.15) is 12.5 Å². The number of carbonyl (C=O) groups is 1. The summed E-state index contributed by atoms with van der Waals surface area (Å²) in [4.78, 5) is 10.7. The van der Waals surface area contributed by atoms with Gasteiger partial charge in [-0.05, 0) is 24.1 Å². The van der Waals surface area contributed by atoms with Crippen molar-refractivity contribution < 1.29 is 9.90 Å². The predicted molar refractivity (Wildman–Crippen MR) is 74.0 cm³/mol. The maximum Gasteiger partial charge on any atom is 0.216 e. The quantitative estimate of drug-likeness (QED) is 0.656. The third-order valence-electron chi connectivity index (χ3n) is 2.46. The first kappa shape index (κ1) is 14.8. The summed E-state index contributed by atoms with van der Waals surface area (Å²) in [5.41, 5.74) is 2.11. The molecule has 0 saturated heterocycles. The lowest BCUT2D eigenvalue weighted by atomic mass is 10.1. The first-order valence-corrected chi connectivity index (χ1v) is 6.46. The number of hydrogen-bond donors (Lipinski definition) is 3. The highest BCUT2D eigenvalue weighted by atomic mass is 35.5. The van der Waals surface area contributed by atoms with E-state index in [9.17, 15) is 9.90 Å². The summed E-state index contributed by atoms with van der Waals surface area (Å²) in [5.74, 6) is 0.213. The Morgan fingerprint density at radius 1 is 1.39 bits per heavy atom. The van der Waals surface area contributed by atoms with Crippen molar-refractivity contribution in [3.8, 4) is 0 Å². The van der Waals surface area contributed by atoms with Crippen LogP contribution < -0.4 is 10.6 Å². The molecule has 0 aliphatic rings. The molecule has 1 aromatic rings. The number of amides is 1. The Bertz CT molecular complexity index is 368. The fourth-order valence-corrected chi connectivity index (χ4v) is 1.57. The minimum atomic E-state index is -0.536. The molecule has 0 saturated carbocycles. The number of hydrogen-bond acceptors (Lipinski definition) is 3. The van der Waals surface area contributed by atoms with E-state index in [1.54, 1.807) is 0 Å². The number of aliphatic hydroxyl groups is 1. The van der Waals surface area contributed by atoms with E-state index in [0.29, 0.717) is 13.1 Å². The summed E-state index contributed by atoms with van der Waals surface area (Å²) >= 11 is 5.50.